The van der Waals surface area contributed by atoms with Crippen molar-refractivity contribution >= 4 is 71.0 Å². The van der Waals surface area contributed by atoms with E-state index in [9.17, 15) is 44.3 Å². The normalized spacial score (nSPS) is 14.0. The molecule has 0 bridgehead atoms. The lowest BCUT2D eigenvalue weighted by Gasteiger charge is -2.14. The lowest BCUT2D eigenvalue weighted by atomic mass is 10.1. The van der Waals surface area contributed by atoms with Gasteiger partial charge < -0.3 is 26.0 Å². The Morgan fingerprint density at radius 3 is 1.54 bits per heavy atom. The number of hydrogen-bond acceptors (Lipinski definition) is 9. The minimum atomic E-state index is -4.33. The summed E-state index contributed by atoms with van der Waals surface area (Å²) >= 11 is 3.42. The van der Waals surface area contributed by atoms with Crippen LogP contribution in [0, 0.1) is 13.8 Å². The molecule has 2 fully saturated rings. The molecule has 368 valence electrons. The standard InChI is InChI=1S/C28H27F3N4O4S.C21H20BrF3N4O/c1-17-13-19(5-10-23(17)27(36)34-18-3-4-18)35-16-33-26-24(32-12-11-28(29,30)31)14-21(15-25(26)35)39-20-6-8-22(9-7-20)40(2,37)38;1-12-8-15(4-5-16(12)20(30)28-14-2-3-14)29-11-27-19-17(9-13(22)10-18(19)29)26-7-6-21(23,24)25/h5-10,13-16,18,32H,3-4,11-12H2,1-2H3,(H,34,36);4-5,8-11,14,26H,2-3,6-7H2,1H3,(H,28,30). The lowest BCUT2D eigenvalue weighted by Crippen LogP contribution is -2.26. The Hall–Kier alpha value is -6.61. The molecule has 9 rings (SSSR count). The predicted molar refractivity (Wildman–Crippen MR) is 258 cm³/mol. The molecule has 0 saturated heterocycles. The molecule has 2 aliphatic rings. The summed E-state index contributed by atoms with van der Waals surface area (Å²) in [6, 6.07) is 24.1. The second kappa shape index (κ2) is 20.0. The van der Waals surface area contributed by atoms with Crippen molar-refractivity contribution in [3.05, 3.63) is 124 Å². The van der Waals surface area contributed by atoms with Gasteiger partial charge in [0.05, 0.1) is 40.1 Å². The van der Waals surface area contributed by atoms with Gasteiger partial charge in [0, 0.05) is 70.5 Å². The van der Waals surface area contributed by atoms with Crippen molar-refractivity contribution < 1.29 is 49.1 Å². The molecular formula is C49H47BrF6N8O5S. The zero-order valence-electron chi connectivity index (χ0n) is 37.9. The fourth-order valence-corrected chi connectivity index (χ4v) is 8.64. The van der Waals surface area contributed by atoms with Crippen molar-refractivity contribution in [1.82, 2.24) is 29.7 Å². The van der Waals surface area contributed by atoms with Gasteiger partial charge in [-0.25, -0.2) is 18.4 Å². The largest absolute Gasteiger partial charge is 0.457 e. The van der Waals surface area contributed by atoms with Crippen LogP contribution in [0.3, 0.4) is 0 Å². The number of benzene rings is 5. The summed E-state index contributed by atoms with van der Waals surface area (Å²) in [5.41, 5.74) is 7.52. The molecule has 7 aromatic rings. The lowest BCUT2D eigenvalue weighted by molar-refractivity contribution is -0.132. The van der Waals surface area contributed by atoms with E-state index in [2.05, 4.69) is 47.2 Å². The Morgan fingerprint density at radius 2 is 1.11 bits per heavy atom. The molecule has 0 spiro atoms. The summed E-state index contributed by atoms with van der Waals surface area (Å²) in [6.07, 6.45) is -2.20. The number of fused-ring (bicyclic) bond motifs is 2. The van der Waals surface area contributed by atoms with Gasteiger partial charge in [-0.15, -0.1) is 0 Å². The first-order valence-corrected chi connectivity index (χ1v) is 24.9. The first kappa shape index (κ1) is 49.8. The number of ether oxygens (including phenoxy) is 1. The molecule has 5 aromatic carbocycles. The van der Waals surface area contributed by atoms with E-state index >= 15 is 0 Å². The second-order valence-corrected chi connectivity index (χ2v) is 20.2. The van der Waals surface area contributed by atoms with E-state index in [1.54, 1.807) is 53.6 Å². The van der Waals surface area contributed by atoms with Crippen LogP contribution in [0.25, 0.3) is 33.4 Å². The molecule has 2 saturated carbocycles. The maximum absolute atomic E-state index is 12.8. The maximum atomic E-state index is 12.8. The van der Waals surface area contributed by atoms with Crippen molar-refractivity contribution in [3.8, 4) is 22.9 Å². The molecule has 4 N–H and O–H groups in total. The van der Waals surface area contributed by atoms with Crippen LogP contribution < -0.4 is 26.0 Å². The summed E-state index contributed by atoms with van der Waals surface area (Å²) in [5, 5.41) is 11.6. The third-order valence-corrected chi connectivity index (χ3v) is 13.1. The van der Waals surface area contributed by atoms with Gasteiger partial charge in [-0.05, 0) is 123 Å². The number of nitrogens with zero attached hydrogens (tertiary/aromatic N) is 4. The monoisotopic (exact) mass is 1050 g/mol. The summed E-state index contributed by atoms with van der Waals surface area (Å²) < 4.78 is 110. The van der Waals surface area contributed by atoms with Crippen LogP contribution in [0.15, 0.2) is 107 Å². The topological polar surface area (TPSA) is 161 Å². The summed E-state index contributed by atoms with van der Waals surface area (Å²) in [4.78, 5) is 33.9. The van der Waals surface area contributed by atoms with Crippen molar-refractivity contribution in [2.24, 2.45) is 0 Å². The number of hydrogen-bond donors (Lipinski definition) is 4. The molecule has 70 heavy (non-hydrogen) atoms. The van der Waals surface area contributed by atoms with E-state index in [-0.39, 0.29) is 41.9 Å². The van der Waals surface area contributed by atoms with E-state index in [0.29, 0.717) is 56.2 Å². The Bertz CT molecular complexity index is 3200. The average Bonchev–Trinajstić information content (AvgIpc) is 4.19. The van der Waals surface area contributed by atoms with E-state index in [1.807, 2.05) is 42.7 Å². The Morgan fingerprint density at radius 1 is 0.657 bits per heavy atom. The third kappa shape index (κ3) is 12.6. The SMILES string of the molecule is Cc1cc(-n2cnc3c(NCCC(F)(F)F)cc(Br)cc32)ccc1C(=O)NC1CC1.Cc1cc(-n2cnc3c(NCCC(F)(F)F)cc(Oc4ccc(S(C)(=O)=O)cc4)cc32)ccc1C(=O)NC1CC1. The fourth-order valence-electron chi connectivity index (χ4n) is 7.57. The van der Waals surface area contributed by atoms with E-state index < -0.39 is 35.0 Å². The first-order chi connectivity index (χ1) is 33.1. The van der Waals surface area contributed by atoms with E-state index in [0.717, 1.165) is 58.7 Å². The number of imidazole rings is 2. The number of alkyl halides is 6. The van der Waals surface area contributed by atoms with Crippen molar-refractivity contribution in [2.75, 3.05) is 30.0 Å². The number of carbonyl (C=O) groups excluding carboxylic acids is 2. The minimum absolute atomic E-state index is 0.0732. The Kier molecular flexibility index (Phi) is 14.2. The fraction of sp³-hybridized carbons (Fsp3) is 0.306. The van der Waals surface area contributed by atoms with Crippen molar-refractivity contribution in [3.63, 3.8) is 0 Å². The Labute approximate surface area is 407 Å². The van der Waals surface area contributed by atoms with Crippen LogP contribution in [-0.2, 0) is 9.84 Å². The van der Waals surface area contributed by atoms with Crippen LogP contribution in [0.2, 0.25) is 0 Å². The molecule has 0 aliphatic heterocycles. The number of carbonyl (C=O) groups is 2. The molecule has 2 aliphatic carbocycles. The predicted octanol–water partition coefficient (Wildman–Crippen LogP) is 11.1. The molecule has 2 amide bonds. The van der Waals surface area contributed by atoms with Crippen LogP contribution in [-0.4, -0.2) is 83.1 Å². The molecule has 2 heterocycles. The van der Waals surface area contributed by atoms with Gasteiger partial charge in [0.25, 0.3) is 11.8 Å². The number of aryl methyl sites for hydroxylation is 2. The average molecular weight is 1050 g/mol. The van der Waals surface area contributed by atoms with Crippen LogP contribution in [0.5, 0.6) is 11.5 Å². The molecule has 0 radical (unpaired) electrons. The molecule has 0 unspecified atom stereocenters. The van der Waals surface area contributed by atoms with Crippen LogP contribution in [0.1, 0.15) is 70.4 Å². The summed E-state index contributed by atoms with van der Waals surface area (Å²) in [6.45, 7) is 3.13. The number of nitrogens with one attached hydrogen (secondary N) is 4. The second-order valence-electron chi connectivity index (χ2n) is 17.3. The highest BCUT2D eigenvalue weighted by molar-refractivity contribution is 9.10. The maximum Gasteiger partial charge on any atom is 0.390 e. The zero-order valence-corrected chi connectivity index (χ0v) is 40.3. The van der Waals surface area contributed by atoms with Crippen molar-refractivity contribution in [2.45, 2.75) is 81.7 Å². The molecule has 2 aromatic heterocycles. The highest BCUT2D eigenvalue weighted by atomic mass is 79.9. The van der Waals surface area contributed by atoms with Gasteiger partial charge >= 0.3 is 12.4 Å². The summed E-state index contributed by atoms with van der Waals surface area (Å²) in [5.74, 6) is 0.459. The van der Waals surface area contributed by atoms with E-state index in [4.69, 9.17) is 4.74 Å². The molecule has 21 heteroatoms. The number of rotatable bonds is 15. The van der Waals surface area contributed by atoms with Gasteiger partial charge in [-0.2, -0.15) is 26.3 Å². The van der Waals surface area contributed by atoms with Gasteiger partial charge in [0.2, 0.25) is 0 Å². The number of aromatic nitrogens is 4. The van der Waals surface area contributed by atoms with Crippen molar-refractivity contribution in [1.29, 1.82) is 0 Å². The summed E-state index contributed by atoms with van der Waals surface area (Å²) in [7, 11) is -3.39. The van der Waals surface area contributed by atoms with Gasteiger partial charge in [0.1, 0.15) is 35.2 Å². The quantitative estimate of drug-likeness (QED) is 0.0733. The van der Waals surface area contributed by atoms with Gasteiger partial charge in [-0.1, -0.05) is 15.9 Å². The zero-order chi connectivity index (χ0) is 50.1. The highest BCUT2D eigenvalue weighted by Gasteiger charge is 2.29. The number of sulfone groups is 1. The van der Waals surface area contributed by atoms with Gasteiger partial charge in [-0.3, -0.25) is 18.7 Å². The Balaban J connectivity index is 0.000000196. The van der Waals surface area contributed by atoms with Gasteiger partial charge in [0.15, 0.2) is 9.84 Å². The highest BCUT2D eigenvalue weighted by Crippen LogP contribution is 2.35. The molecule has 13 nitrogen and oxygen atoms in total. The van der Waals surface area contributed by atoms with E-state index in [1.165, 1.54) is 24.3 Å². The number of halogens is 7. The number of amides is 2. The third-order valence-electron chi connectivity index (χ3n) is 11.5. The first-order valence-electron chi connectivity index (χ1n) is 22.2. The van der Waals surface area contributed by atoms with Crippen LogP contribution >= 0.6 is 15.9 Å². The molecular weight excluding hydrogens is 1010 g/mol. The smallest absolute Gasteiger partial charge is 0.390 e. The molecule has 0 atom stereocenters. The minimum Gasteiger partial charge on any atom is -0.457 e. The van der Waals surface area contributed by atoms with Crippen LogP contribution in [0.4, 0.5) is 37.7 Å². The number of anilines is 2.